The maximum atomic E-state index is 12.5. The Morgan fingerprint density at radius 2 is 2.16 bits per heavy atom. The molecule has 2 aliphatic heterocycles. The second-order valence-corrected chi connectivity index (χ2v) is 5.78. The molecule has 0 radical (unpaired) electrons. The third-order valence-electron chi connectivity index (χ3n) is 4.11. The Kier molecular flexibility index (Phi) is 6.11. The number of ether oxygens (including phenoxy) is 1. The van der Waals surface area contributed by atoms with Crippen LogP contribution in [0.15, 0.2) is 0 Å². The number of hydrogen-bond donors (Lipinski definition) is 1. The maximum Gasteiger partial charge on any atom is 0.239 e. The zero-order valence-electron chi connectivity index (χ0n) is 12.2. The van der Waals surface area contributed by atoms with Crippen LogP contribution in [0, 0.1) is 0 Å². The van der Waals surface area contributed by atoms with Crippen molar-refractivity contribution in [3.63, 3.8) is 0 Å². The lowest BCUT2D eigenvalue weighted by Crippen LogP contribution is -2.51. The molecule has 2 fully saturated rings. The fourth-order valence-electron chi connectivity index (χ4n) is 3.02. The number of amides is 1. The smallest absolute Gasteiger partial charge is 0.239 e. The van der Waals surface area contributed by atoms with Crippen molar-refractivity contribution in [2.24, 2.45) is 0 Å². The van der Waals surface area contributed by atoms with Gasteiger partial charge in [0, 0.05) is 19.7 Å². The van der Waals surface area contributed by atoms with Crippen molar-refractivity contribution in [3.05, 3.63) is 0 Å². The molecule has 19 heavy (non-hydrogen) atoms. The highest BCUT2D eigenvalue weighted by molar-refractivity contribution is 5.82. The van der Waals surface area contributed by atoms with Gasteiger partial charge in [-0.15, -0.1) is 0 Å². The van der Waals surface area contributed by atoms with Crippen LogP contribution < -0.4 is 5.32 Å². The summed E-state index contributed by atoms with van der Waals surface area (Å²) in [6.45, 7) is 5.62. The summed E-state index contributed by atoms with van der Waals surface area (Å²) in [6.07, 6.45) is 8.10. The Balaban J connectivity index is 1.83. The van der Waals surface area contributed by atoms with Gasteiger partial charge < -0.3 is 15.0 Å². The largest absolute Gasteiger partial charge is 0.376 e. The number of nitrogens with zero attached hydrogens (tertiary/aromatic N) is 1. The van der Waals surface area contributed by atoms with Crippen LogP contribution in [-0.4, -0.2) is 49.2 Å². The molecule has 0 spiro atoms. The fraction of sp³-hybridized carbons (Fsp3) is 0.933. The topological polar surface area (TPSA) is 41.6 Å². The van der Waals surface area contributed by atoms with Crippen LogP contribution >= 0.6 is 0 Å². The summed E-state index contributed by atoms with van der Waals surface area (Å²) < 4.78 is 5.81. The molecule has 1 amide bonds. The zero-order chi connectivity index (χ0) is 13.5. The molecule has 2 atom stereocenters. The third kappa shape index (κ3) is 4.46. The lowest BCUT2D eigenvalue weighted by Gasteiger charge is -2.34. The standard InChI is InChI=1S/C15H28N2O2/c1-2-11-19-13-7-6-10-17(12-13)15(18)14-8-4-3-5-9-16-14/h13-14,16H,2-12H2,1H3. The van der Waals surface area contributed by atoms with E-state index < -0.39 is 0 Å². The number of carbonyl (C=O) groups is 1. The highest BCUT2D eigenvalue weighted by atomic mass is 16.5. The van der Waals surface area contributed by atoms with Gasteiger partial charge in [-0.25, -0.2) is 0 Å². The van der Waals surface area contributed by atoms with Crippen molar-refractivity contribution in [3.8, 4) is 0 Å². The second-order valence-electron chi connectivity index (χ2n) is 5.78. The Bertz CT molecular complexity index is 275. The first-order valence-electron chi connectivity index (χ1n) is 7.95. The number of hydrogen-bond acceptors (Lipinski definition) is 3. The minimum Gasteiger partial charge on any atom is -0.376 e. The van der Waals surface area contributed by atoms with Crippen molar-refractivity contribution >= 4 is 5.91 Å². The van der Waals surface area contributed by atoms with Crippen molar-refractivity contribution in [2.75, 3.05) is 26.2 Å². The molecule has 2 rings (SSSR count). The second kappa shape index (κ2) is 7.85. The number of likely N-dealkylation sites (tertiary alicyclic amines) is 1. The molecule has 4 heteroatoms. The van der Waals surface area contributed by atoms with E-state index in [0.717, 1.165) is 51.9 Å². The quantitative estimate of drug-likeness (QED) is 0.847. The van der Waals surface area contributed by atoms with Gasteiger partial charge in [0.2, 0.25) is 5.91 Å². The highest BCUT2D eigenvalue weighted by Crippen LogP contribution is 2.17. The molecule has 2 aliphatic rings. The van der Waals surface area contributed by atoms with Crippen LogP contribution in [0.1, 0.15) is 51.9 Å². The summed E-state index contributed by atoms with van der Waals surface area (Å²) in [5, 5.41) is 3.40. The van der Waals surface area contributed by atoms with Crippen LogP contribution in [0.2, 0.25) is 0 Å². The number of nitrogens with one attached hydrogen (secondary N) is 1. The van der Waals surface area contributed by atoms with Crippen molar-refractivity contribution in [1.29, 1.82) is 0 Å². The lowest BCUT2D eigenvalue weighted by atomic mass is 10.0. The van der Waals surface area contributed by atoms with Crippen LogP contribution in [0.4, 0.5) is 0 Å². The first kappa shape index (κ1) is 14.8. The van der Waals surface area contributed by atoms with E-state index in [1.807, 2.05) is 4.90 Å². The summed E-state index contributed by atoms with van der Waals surface area (Å²) >= 11 is 0. The first-order valence-corrected chi connectivity index (χ1v) is 7.95. The predicted molar refractivity (Wildman–Crippen MR) is 76.1 cm³/mol. The van der Waals surface area contributed by atoms with Gasteiger partial charge >= 0.3 is 0 Å². The molecular formula is C15H28N2O2. The Morgan fingerprint density at radius 1 is 1.26 bits per heavy atom. The molecule has 0 aliphatic carbocycles. The molecule has 2 unspecified atom stereocenters. The van der Waals surface area contributed by atoms with Crippen molar-refractivity contribution in [2.45, 2.75) is 64.0 Å². The molecule has 0 aromatic carbocycles. The highest BCUT2D eigenvalue weighted by Gasteiger charge is 2.29. The van der Waals surface area contributed by atoms with Crippen molar-refractivity contribution < 1.29 is 9.53 Å². The molecule has 0 bridgehead atoms. The molecule has 0 saturated carbocycles. The van der Waals surface area contributed by atoms with Gasteiger partial charge in [0.15, 0.2) is 0 Å². The van der Waals surface area contributed by atoms with Crippen LogP contribution in [0.25, 0.3) is 0 Å². The SMILES string of the molecule is CCCOC1CCCN(C(=O)C2CCCCCN2)C1. The van der Waals surface area contributed by atoms with E-state index in [-0.39, 0.29) is 12.1 Å². The molecule has 1 N–H and O–H groups in total. The van der Waals surface area contributed by atoms with Gasteiger partial charge in [-0.05, 0) is 38.6 Å². The molecular weight excluding hydrogens is 240 g/mol. The average Bonchev–Trinajstić information content (AvgIpc) is 2.73. The molecule has 2 saturated heterocycles. The van der Waals surface area contributed by atoms with Gasteiger partial charge in [0.05, 0.1) is 12.1 Å². The molecule has 110 valence electrons. The van der Waals surface area contributed by atoms with Gasteiger partial charge in [-0.1, -0.05) is 19.8 Å². The molecule has 2 heterocycles. The summed E-state index contributed by atoms with van der Waals surface area (Å²) in [5.41, 5.74) is 0. The van der Waals surface area contributed by atoms with E-state index in [0.29, 0.717) is 5.91 Å². The van der Waals surface area contributed by atoms with E-state index >= 15 is 0 Å². The van der Waals surface area contributed by atoms with E-state index in [1.54, 1.807) is 0 Å². The summed E-state index contributed by atoms with van der Waals surface area (Å²) in [4.78, 5) is 14.6. The Hall–Kier alpha value is -0.610. The monoisotopic (exact) mass is 268 g/mol. The Labute approximate surface area is 116 Å². The lowest BCUT2D eigenvalue weighted by molar-refractivity contribution is -0.137. The minimum atomic E-state index is 0.0485. The minimum absolute atomic E-state index is 0.0485. The number of rotatable bonds is 4. The maximum absolute atomic E-state index is 12.5. The first-order chi connectivity index (χ1) is 9.31. The normalized spacial score (nSPS) is 29.0. The third-order valence-corrected chi connectivity index (χ3v) is 4.11. The number of piperidine rings is 1. The summed E-state index contributed by atoms with van der Waals surface area (Å²) in [7, 11) is 0. The van der Waals surface area contributed by atoms with Crippen molar-refractivity contribution in [1.82, 2.24) is 10.2 Å². The van der Waals surface area contributed by atoms with Crippen LogP contribution in [0.3, 0.4) is 0 Å². The molecule has 0 aromatic heterocycles. The number of carbonyl (C=O) groups excluding carboxylic acids is 1. The summed E-state index contributed by atoms with van der Waals surface area (Å²) in [6, 6.07) is 0.0485. The van der Waals surface area contributed by atoms with E-state index in [1.165, 1.54) is 19.3 Å². The summed E-state index contributed by atoms with van der Waals surface area (Å²) in [5.74, 6) is 0.298. The Morgan fingerprint density at radius 3 is 3.00 bits per heavy atom. The van der Waals surface area contributed by atoms with Gasteiger partial charge in [0.1, 0.15) is 0 Å². The van der Waals surface area contributed by atoms with Gasteiger partial charge in [-0.2, -0.15) is 0 Å². The fourth-order valence-corrected chi connectivity index (χ4v) is 3.02. The molecule has 4 nitrogen and oxygen atoms in total. The van der Waals surface area contributed by atoms with E-state index in [2.05, 4.69) is 12.2 Å². The molecule has 0 aromatic rings. The van der Waals surface area contributed by atoms with Crippen LogP contribution in [0.5, 0.6) is 0 Å². The van der Waals surface area contributed by atoms with E-state index in [4.69, 9.17) is 4.74 Å². The predicted octanol–water partition coefficient (Wildman–Crippen LogP) is 1.94. The average molecular weight is 268 g/mol. The van der Waals surface area contributed by atoms with Crippen LogP contribution in [-0.2, 0) is 9.53 Å². The van der Waals surface area contributed by atoms with E-state index in [9.17, 15) is 4.79 Å². The van der Waals surface area contributed by atoms with Gasteiger partial charge in [-0.3, -0.25) is 4.79 Å². The zero-order valence-corrected chi connectivity index (χ0v) is 12.2. The van der Waals surface area contributed by atoms with Gasteiger partial charge in [0.25, 0.3) is 0 Å².